The van der Waals surface area contributed by atoms with Gasteiger partial charge in [0.15, 0.2) is 0 Å². The number of nitrogens with one attached hydrogen (secondary N) is 1. The molecule has 0 fully saturated rings. The summed E-state index contributed by atoms with van der Waals surface area (Å²) in [5, 5.41) is 4.59. The van der Waals surface area contributed by atoms with Crippen LogP contribution < -0.4 is 5.32 Å². The molecule has 0 saturated heterocycles. The third kappa shape index (κ3) is 1.63. The first-order chi connectivity index (χ1) is 7.95. The minimum Gasteiger partial charge on any atom is -0.313 e. The lowest BCUT2D eigenvalue weighted by molar-refractivity contribution is 0.719. The van der Waals surface area contributed by atoms with Crippen molar-refractivity contribution in [1.82, 2.24) is 14.9 Å². The molecule has 0 atom stereocenters. The molecule has 0 aliphatic carbocycles. The predicted octanol–water partition coefficient (Wildman–Crippen LogP) is 2.26. The van der Waals surface area contributed by atoms with Crippen LogP contribution in [0, 0.1) is 0 Å². The molecule has 2 aromatic heterocycles. The summed E-state index contributed by atoms with van der Waals surface area (Å²) in [6.07, 6.45) is 8.55. The number of fused-ring (bicyclic) bond motifs is 1. The van der Waals surface area contributed by atoms with Gasteiger partial charge in [0.05, 0.1) is 0 Å². The van der Waals surface area contributed by atoms with Crippen molar-refractivity contribution in [1.29, 1.82) is 0 Å². The molecule has 0 saturated carbocycles. The Morgan fingerprint density at radius 2 is 2.31 bits per heavy atom. The molecular formula is C13H15N3. The van der Waals surface area contributed by atoms with Gasteiger partial charge in [0, 0.05) is 30.0 Å². The van der Waals surface area contributed by atoms with Gasteiger partial charge in [-0.15, -0.1) is 0 Å². The van der Waals surface area contributed by atoms with Gasteiger partial charge < -0.3 is 9.88 Å². The van der Waals surface area contributed by atoms with Crippen molar-refractivity contribution in [3.8, 4) is 0 Å². The molecule has 3 nitrogen and oxygen atoms in total. The molecule has 3 rings (SSSR count). The molecule has 2 aromatic rings. The van der Waals surface area contributed by atoms with E-state index in [1.54, 1.807) is 0 Å². The molecule has 1 aliphatic rings. The van der Waals surface area contributed by atoms with E-state index in [1.807, 2.05) is 12.3 Å². The van der Waals surface area contributed by atoms with Crippen LogP contribution in [0.15, 0.2) is 36.7 Å². The van der Waals surface area contributed by atoms with Gasteiger partial charge >= 0.3 is 0 Å². The smallest absolute Gasteiger partial charge is 0.144 e. The maximum Gasteiger partial charge on any atom is 0.144 e. The van der Waals surface area contributed by atoms with E-state index in [0.29, 0.717) is 0 Å². The highest BCUT2D eigenvalue weighted by atomic mass is 15.0. The Balaban J connectivity index is 2.07. The summed E-state index contributed by atoms with van der Waals surface area (Å²) < 4.78 is 2.21. The first-order valence-electron chi connectivity index (χ1n) is 5.77. The lowest BCUT2D eigenvalue weighted by atomic mass is 10.2. The van der Waals surface area contributed by atoms with Crippen molar-refractivity contribution in [2.75, 3.05) is 13.1 Å². The molecule has 0 bridgehead atoms. The van der Waals surface area contributed by atoms with Crippen LogP contribution in [-0.4, -0.2) is 22.6 Å². The summed E-state index contributed by atoms with van der Waals surface area (Å²) in [5.74, 6) is 0. The highest BCUT2D eigenvalue weighted by Gasteiger charge is 2.07. The van der Waals surface area contributed by atoms with Crippen LogP contribution in [0.5, 0.6) is 0 Å². The zero-order valence-electron chi connectivity index (χ0n) is 9.19. The zero-order chi connectivity index (χ0) is 10.8. The molecule has 16 heavy (non-hydrogen) atoms. The van der Waals surface area contributed by atoms with E-state index in [2.05, 4.69) is 39.3 Å². The summed E-state index contributed by atoms with van der Waals surface area (Å²) in [7, 11) is 0. The maximum absolute atomic E-state index is 4.45. The van der Waals surface area contributed by atoms with E-state index < -0.39 is 0 Å². The molecular weight excluding hydrogens is 198 g/mol. The van der Waals surface area contributed by atoms with Gasteiger partial charge in [-0.05, 0) is 37.6 Å². The van der Waals surface area contributed by atoms with Gasteiger partial charge in [-0.3, -0.25) is 0 Å². The predicted molar refractivity (Wildman–Crippen MR) is 66.1 cm³/mol. The molecule has 0 spiro atoms. The number of pyridine rings is 1. The van der Waals surface area contributed by atoms with E-state index in [9.17, 15) is 0 Å². The topological polar surface area (TPSA) is 29.9 Å². The van der Waals surface area contributed by atoms with Gasteiger partial charge in [0.2, 0.25) is 0 Å². The van der Waals surface area contributed by atoms with Crippen LogP contribution in [0.2, 0.25) is 0 Å². The Morgan fingerprint density at radius 1 is 1.31 bits per heavy atom. The molecule has 0 unspecified atom stereocenters. The van der Waals surface area contributed by atoms with Crippen LogP contribution in [0.25, 0.3) is 16.7 Å². The number of nitrogens with zero attached hydrogens (tertiary/aromatic N) is 2. The molecule has 82 valence electrons. The first kappa shape index (κ1) is 9.60. The lowest BCUT2D eigenvalue weighted by Crippen LogP contribution is -2.12. The van der Waals surface area contributed by atoms with E-state index in [4.69, 9.17) is 0 Å². The highest BCUT2D eigenvalue weighted by molar-refractivity contribution is 5.79. The van der Waals surface area contributed by atoms with Gasteiger partial charge in [0.1, 0.15) is 5.65 Å². The average Bonchev–Trinajstić information content (AvgIpc) is 2.57. The Labute approximate surface area is 94.8 Å². The Bertz CT molecular complexity index is 525. The van der Waals surface area contributed by atoms with Gasteiger partial charge in [0.25, 0.3) is 0 Å². The minimum atomic E-state index is 0.960. The van der Waals surface area contributed by atoms with Crippen molar-refractivity contribution in [3.05, 3.63) is 36.7 Å². The SMILES string of the molecule is C1=C(n2ccc3cccnc32)CCCNC1. The minimum absolute atomic E-state index is 0.960. The number of allylic oxidation sites excluding steroid dienone is 1. The molecule has 3 heterocycles. The van der Waals surface area contributed by atoms with Crippen molar-refractivity contribution >= 4 is 16.7 Å². The van der Waals surface area contributed by atoms with Crippen molar-refractivity contribution in [3.63, 3.8) is 0 Å². The standard InChI is InChI=1S/C13H15N3/c1-3-11-6-10-16(13(11)15-8-1)12-4-2-7-14-9-5-12/h1,3,5-6,8,10,14H,2,4,7,9H2. The summed E-state index contributed by atoms with van der Waals surface area (Å²) in [6.45, 7) is 2.06. The third-order valence-electron chi connectivity index (χ3n) is 3.03. The lowest BCUT2D eigenvalue weighted by Gasteiger charge is -2.07. The van der Waals surface area contributed by atoms with Crippen LogP contribution in [-0.2, 0) is 0 Å². The van der Waals surface area contributed by atoms with Crippen LogP contribution in [0.1, 0.15) is 12.8 Å². The zero-order valence-corrected chi connectivity index (χ0v) is 9.19. The number of hydrogen-bond donors (Lipinski definition) is 1. The second-order valence-electron chi connectivity index (χ2n) is 4.11. The van der Waals surface area contributed by atoms with E-state index in [0.717, 1.165) is 25.2 Å². The number of rotatable bonds is 1. The van der Waals surface area contributed by atoms with Crippen LogP contribution in [0.3, 0.4) is 0 Å². The summed E-state index contributed by atoms with van der Waals surface area (Å²) >= 11 is 0. The Hall–Kier alpha value is -1.61. The number of aromatic nitrogens is 2. The van der Waals surface area contributed by atoms with Crippen molar-refractivity contribution < 1.29 is 0 Å². The van der Waals surface area contributed by atoms with Crippen molar-refractivity contribution in [2.24, 2.45) is 0 Å². The molecule has 0 aromatic carbocycles. The van der Waals surface area contributed by atoms with E-state index >= 15 is 0 Å². The fraction of sp³-hybridized carbons (Fsp3) is 0.308. The van der Waals surface area contributed by atoms with Crippen molar-refractivity contribution in [2.45, 2.75) is 12.8 Å². The summed E-state index contributed by atoms with van der Waals surface area (Å²) in [6, 6.07) is 6.21. The van der Waals surface area contributed by atoms with E-state index in [-0.39, 0.29) is 0 Å². The Kier molecular flexibility index (Phi) is 2.46. The second kappa shape index (κ2) is 4.10. The second-order valence-corrected chi connectivity index (χ2v) is 4.11. The van der Waals surface area contributed by atoms with Gasteiger partial charge in [-0.25, -0.2) is 4.98 Å². The molecule has 0 amide bonds. The highest BCUT2D eigenvalue weighted by Crippen LogP contribution is 2.20. The van der Waals surface area contributed by atoms with Crippen LogP contribution in [0.4, 0.5) is 0 Å². The quantitative estimate of drug-likeness (QED) is 0.787. The van der Waals surface area contributed by atoms with Gasteiger partial charge in [-0.1, -0.05) is 6.08 Å². The summed E-state index contributed by atoms with van der Waals surface area (Å²) in [4.78, 5) is 4.45. The van der Waals surface area contributed by atoms with Gasteiger partial charge in [-0.2, -0.15) is 0 Å². The average molecular weight is 213 g/mol. The number of hydrogen-bond acceptors (Lipinski definition) is 2. The normalized spacial score (nSPS) is 17.1. The molecule has 1 aliphatic heterocycles. The van der Waals surface area contributed by atoms with E-state index in [1.165, 1.54) is 17.5 Å². The maximum atomic E-state index is 4.45. The monoisotopic (exact) mass is 213 g/mol. The fourth-order valence-electron chi connectivity index (χ4n) is 2.21. The third-order valence-corrected chi connectivity index (χ3v) is 3.03. The molecule has 3 heteroatoms. The molecule has 1 N–H and O–H groups in total. The van der Waals surface area contributed by atoms with Crippen LogP contribution >= 0.6 is 0 Å². The Morgan fingerprint density at radius 3 is 3.31 bits per heavy atom. The summed E-state index contributed by atoms with van der Waals surface area (Å²) in [5.41, 5.74) is 2.43. The molecule has 0 radical (unpaired) electrons. The first-order valence-corrected chi connectivity index (χ1v) is 5.77. The largest absolute Gasteiger partial charge is 0.313 e. The fourth-order valence-corrected chi connectivity index (χ4v) is 2.21.